The molecule has 0 spiro atoms. The lowest BCUT2D eigenvalue weighted by Crippen LogP contribution is -2.31. The quantitative estimate of drug-likeness (QED) is 0.505. The fourth-order valence-electron chi connectivity index (χ4n) is 1.43. The fourth-order valence-corrected chi connectivity index (χ4v) is 1.43. The maximum absolute atomic E-state index is 11.4. The van der Waals surface area contributed by atoms with E-state index in [-0.39, 0.29) is 4.65 Å². The summed E-state index contributed by atoms with van der Waals surface area (Å²) in [5.41, 5.74) is 3.60. The molecule has 0 amide bonds. The van der Waals surface area contributed by atoms with E-state index in [0.29, 0.717) is 6.54 Å². The van der Waals surface area contributed by atoms with Crippen LogP contribution in [0.25, 0.3) is 0 Å². The molecule has 0 aromatic heterocycles. The highest BCUT2D eigenvalue weighted by molar-refractivity contribution is 5.29. The Morgan fingerprint density at radius 1 is 1.23 bits per heavy atom. The Balaban J connectivity index is 2.90. The molecule has 0 radical (unpaired) electrons. The lowest BCUT2D eigenvalue weighted by atomic mass is 10.1. The van der Waals surface area contributed by atoms with Crippen LogP contribution < -0.4 is 0 Å². The van der Waals surface area contributed by atoms with Crippen LogP contribution >= 0.6 is 0 Å². The second-order valence-corrected chi connectivity index (χ2v) is 4.16. The standard InChI is InChI=1S/C11H17NO/c1-9-5-6-11(10(2)7-9)8-12(3,4)13/h5-7H,8H2,1-4H3. The summed E-state index contributed by atoms with van der Waals surface area (Å²) in [5, 5.41) is 11.4. The number of hydroxylamine groups is 3. The molecule has 0 saturated carbocycles. The third-order valence-corrected chi connectivity index (χ3v) is 2.05. The first-order chi connectivity index (χ1) is 5.88. The summed E-state index contributed by atoms with van der Waals surface area (Å²) >= 11 is 0. The topological polar surface area (TPSA) is 23.1 Å². The average Bonchev–Trinajstić information content (AvgIpc) is 1.93. The Morgan fingerprint density at radius 2 is 1.85 bits per heavy atom. The van der Waals surface area contributed by atoms with Crippen LogP contribution in [0.15, 0.2) is 18.2 Å². The molecule has 0 saturated heterocycles. The van der Waals surface area contributed by atoms with Gasteiger partial charge in [0.05, 0.1) is 14.1 Å². The Morgan fingerprint density at radius 3 is 2.31 bits per heavy atom. The number of rotatable bonds is 2. The predicted octanol–water partition coefficient (Wildman–Crippen LogP) is 2.38. The summed E-state index contributed by atoms with van der Waals surface area (Å²) in [4.78, 5) is 0. The summed E-state index contributed by atoms with van der Waals surface area (Å²) in [7, 11) is 3.33. The van der Waals surface area contributed by atoms with Crippen LogP contribution in [0.5, 0.6) is 0 Å². The molecule has 0 bridgehead atoms. The summed E-state index contributed by atoms with van der Waals surface area (Å²) in [6, 6.07) is 6.21. The van der Waals surface area contributed by atoms with Gasteiger partial charge < -0.3 is 9.85 Å². The SMILES string of the molecule is Cc1ccc(C[N+](C)(C)[O-])c(C)c1. The van der Waals surface area contributed by atoms with Crippen LogP contribution in [0.3, 0.4) is 0 Å². The summed E-state index contributed by atoms with van der Waals surface area (Å²) in [5.74, 6) is 0. The zero-order valence-electron chi connectivity index (χ0n) is 8.79. The van der Waals surface area contributed by atoms with Crippen molar-refractivity contribution in [1.82, 2.24) is 0 Å². The molecule has 2 nitrogen and oxygen atoms in total. The first-order valence-electron chi connectivity index (χ1n) is 4.48. The number of hydrogen-bond acceptors (Lipinski definition) is 1. The summed E-state index contributed by atoms with van der Waals surface area (Å²) in [6.45, 7) is 4.66. The first-order valence-corrected chi connectivity index (χ1v) is 4.48. The van der Waals surface area contributed by atoms with Crippen LogP contribution in [-0.4, -0.2) is 18.7 Å². The van der Waals surface area contributed by atoms with Gasteiger partial charge in [0.2, 0.25) is 0 Å². The molecule has 1 rings (SSSR count). The molecule has 0 unspecified atom stereocenters. The molecule has 0 heterocycles. The number of quaternary nitrogens is 1. The van der Waals surface area contributed by atoms with Crippen LogP contribution in [0.1, 0.15) is 16.7 Å². The van der Waals surface area contributed by atoms with Crippen molar-refractivity contribution in [2.75, 3.05) is 14.1 Å². The molecule has 13 heavy (non-hydrogen) atoms. The molecule has 0 aliphatic carbocycles. The highest BCUT2D eigenvalue weighted by atomic mass is 16.5. The van der Waals surface area contributed by atoms with E-state index < -0.39 is 0 Å². The second-order valence-electron chi connectivity index (χ2n) is 4.16. The zero-order valence-corrected chi connectivity index (χ0v) is 8.79. The van der Waals surface area contributed by atoms with Crippen molar-refractivity contribution >= 4 is 0 Å². The minimum atomic E-state index is -0.260. The van der Waals surface area contributed by atoms with Gasteiger partial charge >= 0.3 is 0 Å². The maximum Gasteiger partial charge on any atom is 0.104 e. The third-order valence-electron chi connectivity index (χ3n) is 2.05. The van der Waals surface area contributed by atoms with E-state index in [1.54, 1.807) is 14.1 Å². The molecule has 0 atom stereocenters. The molecule has 0 aliphatic heterocycles. The largest absolute Gasteiger partial charge is 0.633 e. The van der Waals surface area contributed by atoms with Crippen molar-refractivity contribution in [3.63, 3.8) is 0 Å². The highest BCUT2D eigenvalue weighted by Gasteiger charge is 2.06. The van der Waals surface area contributed by atoms with E-state index in [1.165, 1.54) is 11.1 Å². The van der Waals surface area contributed by atoms with Crippen molar-refractivity contribution in [3.8, 4) is 0 Å². The van der Waals surface area contributed by atoms with Crippen molar-refractivity contribution < 1.29 is 4.65 Å². The normalized spacial score (nSPS) is 11.8. The Labute approximate surface area is 80.0 Å². The Bertz CT molecular complexity index is 299. The van der Waals surface area contributed by atoms with Gasteiger partial charge in [-0.3, -0.25) is 0 Å². The van der Waals surface area contributed by atoms with Gasteiger partial charge in [0.15, 0.2) is 0 Å². The molecule has 0 N–H and O–H groups in total. The van der Waals surface area contributed by atoms with Crippen molar-refractivity contribution in [1.29, 1.82) is 0 Å². The van der Waals surface area contributed by atoms with E-state index in [4.69, 9.17) is 0 Å². The van der Waals surface area contributed by atoms with Gasteiger partial charge in [0.25, 0.3) is 0 Å². The van der Waals surface area contributed by atoms with Crippen molar-refractivity contribution in [2.24, 2.45) is 0 Å². The first kappa shape index (κ1) is 10.2. The summed E-state index contributed by atoms with van der Waals surface area (Å²) in [6.07, 6.45) is 0. The molecular formula is C11H17NO. The van der Waals surface area contributed by atoms with Gasteiger partial charge in [0.1, 0.15) is 6.54 Å². The number of benzene rings is 1. The number of hydrogen-bond donors (Lipinski definition) is 0. The Hall–Kier alpha value is -0.860. The van der Waals surface area contributed by atoms with Gasteiger partial charge in [-0.2, -0.15) is 0 Å². The minimum Gasteiger partial charge on any atom is -0.633 e. The van der Waals surface area contributed by atoms with Gasteiger partial charge in [-0.15, -0.1) is 0 Å². The van der Waals surface area contributed by atoms with Crippen LogP contribution in [0, 0.1) is 19.1 Å². The highest BCUT2D eigenvalue weighted by Crippen LogP contribution is 2.14. The van der Waals surface area contributed by atoms with Crippen molar-refractivity contribution in [2.45, 2.75) is 20.4 Å². The molecule has 1 aromatic carbocycles. The third kappa shape index (κ3) is 3.17. The van der Waals surface area contributed by atoms with Gasteiger partial charge in [-0.25, -0.2) is 0 Å². The van der Waals surface area contributed by atoms with Crippen LogP contribution in [-0.2, 0) is 6.54 Å². The molecule has 1 aromatic rings. The predicted molar refractivity (Wildman–Crippen MR) is 55.1 cm³/mol. The minimum absolute atomic E-state index is 0.260. The second kappa shape index (κ2) is 3.48. The molecule has 72 valence electrons. The summed E-state index contributed by atoms with van der Waals surface area (Å²) < 4.78 is -0.260. The van der Waals surface area contributed by atoms with Crippen LogP contribution in [0.2, 0.25) is 0 Å². The molecular weight excluding hydrogens is 162 g/mol. The van der Waals surface area contributed by atoms with E-state index in [1.807, 2.05) is 6.07 Å². The Kier molecular flexibility index (Phi) is 2.74. The van der Waals surface area contributed by atoms with Gasteiger partial charge in [-0.05, 0) is 19.4 Å². The monoisotopic (exact) mass is 179 g/mol. The number of aryl methyl sites for hydroxylation is 2. The average molecular weight is 179 g/mol. The van der Waals surface area contributed by atoms with Crippen LogP contribution in [0.4, 0.5) is 0 Å². The fraction of sp³-hybridized carbons (Fsp3) is 0.455. The zero-order chi connectivity index (χ0) is 10.1. The molecule has 0 aliphatic rings. The van der Waals surface area contributed by atoms with E-state index in [0.717, 1.165) is 5.56 Å². The molecule has 2 heteroatoms. The van der Waals surface area contributed by atoms with Gasteiger partial charge in [-0.1, -0.05) is 23.8 Å². The molecule has 0 fully saturated rings. The van der Waals surface area contributed by atoms with Crippen molar-refractivity contribution in [3.05, 3.63) is 40.1 Å². The van der Waals surface area contributed by atoms with E-state index in [9.17, 15) is 5.21 Å². The van der Waals surface area contributed by atoms with E-state index in [2.05, 4.69) is 26.0 Å². The van der Waals surface area contributed by atoms with E-state index >= 15 is 0 Å². The maximum atomic E-state index is 11.4. The van der Waals surface area contributed by atoms with Gasteiger partial charge in [0, 0.05) is 5.56 Å². The lowest BCUT2D eigenvalue weighted by Gasteiger charge is -2.34. The smallest absolute Gasteiger partial charge is 0.104 e. The number of nitrogens with zero attached hydrogens (tertiary/aromatic N) is 1. The lowest BCUT2D eigenvalue weighted by molar-refractivity contribution is -0.853.